The van der Waals surface area contributed by atoms with Crippen LogP contribution in [-0.4, -0.2) is 51.2 Å². The Labute approximate surface area is 103 Å². The van der Waals surface area contributed by atoms with Crippen molar-refractivity contribution in [1.29, 1.82) is 0 Å². The summed E-state index contributed by atoms with van der Waals surface area (Å²) < 4.78 is 20.3. The molecule has 0 aliphatic rings. The summed E-state index contributed by atoms with van der Waals surface area (Å²) >= 11 is 0. The fourth-order valence-electron chi connectivity index (χ4n) is 0.966. The molecule has 0 aliphatic carbocycles. The van der Waals surface area contributed by atoms with Crippen LogP contribution in [0.15, 0.2) is 0 Å². The molecule has 0 bridgehead atoms. The number of carbonyl (C=O) groups is 1. The summed E-state index contributed by atoms with van der Waals surface area (Å²) in [6, 6.07) is 0. The molecule has 0 fully saturated rings. The summed E-state index contributed by atoms with van der Waals surface area (Å²) in [4.78, 5) is 11.2. The second-order valence-corrected chi connectivity index (χ2v) is 4.36. The minimum absolute atomic E-state index is 0.0456. The van der Waals surface area contributed by atoms with Gasteiger partial charge in [0.1, 0.15) is 12.2 Å². The number of ether oxygens (including phenoxy) is 4. The molecule has 0 heterocycles. The summed E-state index contributed by atoms with van der Waals surface area (Å²) in [5.74, 6) is -0.363. The van der Waals surface area contributed by atoms with Crippen molar-refractivity contribution in [2.24, 2.45) is 0 Å². The van der Waals surface area contributed by atoms with Crippen LogP contribution in [0, 0.1) is 6.92 Å². The Morgan fingerprint density at radius 2 is 1.53 bits per heavy atom. The Kier molecular flexibility index (Phi) is 9.03. The molecule has 0 rings (SSSR count). The van der Waals surface area contributed by atoms with Gasteiger partial charge in [-0.15, -0.1) is 0 Å². The fourth-order valence-corrected chi connectivity index (χ4v) is 0.966. The lowest BCUT2D eigenvalue weighted by Crippen LogP contribution is -2.27. The smallest absolute Gasteiger partial charge is 0.332 e. The molecule has 17 heavy (non-hydrogen) atoms. The van der Waals surface area contributed by atoms with Gasteiger partial charge in [-0.25, -0.2) is 4.79 Å². The van der Waals surface area contributed by atoms with Crippen molar-refractivity contribution in [2.45, 2.75) is 26.4 Å². The highest BCUT2D eigenvalue weighted by Crippen LogP contribution is 2.06. The molecule has 0 aromatic heterocycles. The molecule has 0 spiro atoms. The summed E-state index contributed by atoms with van der Waals surface area (Å²) in [6.07, 6.45) is 0. The van der Waals surface area contributed by atoms with E-state index in [0.717, 1.165) is 0 Å². The zero-order valence-electron chi connectivity index (χ0n) is 11.0. The highest BCUT2D eigenvalue weighted by Gasteiger charge is 2.15. The maximum Gasteiger partial charge on any atom is 0.332 e. The summed E-state index contributed by atoms with van der Waals surface area (Å²) in [5.41, 5.74) is -0.470. The molecule has 1 radical (unpaired) electrons. The molecule has 0 unspecified atom stereocenters. The molecule has 0 atom stereocenters. The van der Waals surface area contributed by atoms with Gasteiger partial charge in [-0.3, -0.25) is 0 Å². The van der Waals surface area contributed by atoms with Crippen LogP contribution < -0.4 is 0 Å². The first-order chi connectivity index (χ1) is 7.95. The second-order valence-electron chi connectivity index (χ2n) is 4.36. The number of carbonyl (C=O) groups excluding carboxylic acids is 1. The lowest BCUT2D eigenvalue weighted by Gasteiger charge is -2.19. The van der Waals surface area contributed by atoms with Crippen molar-refractivity contribution in [2.75, 3.05) is 39.6 Å². The normalized spacial score (nSPS) is 11.5. The van der Waals surface area contributed by atoms with Gasteiger partial charge in [0.15, 0.2) is 0 Å². The van der Waals surface area contributed by atoms with Crippen molar-refractivity contribution < 1.29 is 23.7 Å². The van der Waals surface area contributed by atoms with E-state index in [1.807, 2.05) is 20.8 Å². The topological polar surface area (TPSA) is 54.0 Å². The van der Waals surface area contributed by atoms with Crippen molar-refractivity contribution in [3.05, 3.63) is 6.92 Å². The number of hydrogen-bond acceptors (Lipinski definition) is 5. The third kappa shape index (κ3) is 13.3. The second kappa shape index (κ2) is 9.39. The molecule has 0 saturated carbocycles. The third-order valence-electron chi connectivity index (χ3n) is 1.53. The van der Waals surface area contributed by atoms with E-state index in [1.165, 1.54) is 0 Å². The van der Waals surface area contributed by atoms with Crippen molar-refractivity contribution in [3.8, 4) is 0 Å². The minimum Gasteiger partial charge on any atom is -0.458 e. The van der Waals surface area contributed by atoms with Crippen molar-refractivity contribution in [1.82, 2.24) is 0 Å². The predicted octanol–water partition coefficient (Wildman–Crippen LogP) is 1.21. The Balaban J connectivity index is 3.25. The van der Waals surface area contributed by atoms with Gasteiger partial charge in [0.25, 0.3) is 0 Å². The molecular formula is C12H23O5. The first-order valence-corrected chi connectivity index (χ1v) is 5.70. The molecule has 101 valence electrons. The average molecular weight is 247 g/mol. The first kappa shape index (κ1) is 16.4. The van der Waals surface area contributed by atoms with E-state index in [1.54, 1.807) is 0 Å². The maximum atomic E-state index is 11.2. The van der Waals surface area contributed by atoms with Gasteiger partial charge in [-0.2, -0.15) is 0 Å². The molecule has 5 heteroatoms. The lowest BCUT2D eigenvalue weighted by molar-refractivity contribution is -0.160. The van der Waals surface area contributed by atoms with Crippen molar-refractivity contribution in [3.63, 3.8) is 0 Å². The summed E-state index contributed by atoms with van der Waals surface area (Å²) in [7, 11) is 0. The zero-order valence-corrected chi connectivity index (χ0v) is 11.0. The van der Waals surface area contributed by atoms with Crippen LogP contribution >= 0.6 is 0 Å². The van der Waals surface area contributed by atoms with E-state index in [0.29, 0.717) is 33.0 Å². The molecular weight excluding hydrogens is 224 g/mol. The molecule has 0 aromatic rings. The van der Waals surface area contributed by atoms with Crippen LogP contribution in [0.4, 0.5) is 0 Å². The first-order valence-electron chi connectivity index (χ1n) is 5.70. The van der Waals surface area contributed by atoms with Gasteiger partial charge < -0.3 is 18.9 Å². The fraction of sp³-hybridized carbons (Fsp3) is 0.833. The van der Waals surface area contributed by atoms with E-state index in [9.17, 15) is 4.79 Å². The minimum atomic E-state index is -0.470. The Morgan fingerprint density at radius 3 is 2.06 bits per heavy atom. The van der Waals surface area contributed by atoms with E-state index in [-0.39, 0.29) is 12.6 Å². The third-order valence-corrected chi connectivity index (χ3v) is 1.53. The molecule has 0 amide bonds. The monoisotopic (exact) mass is 247 g/mol. The predicted molar refractivity (Wildman–Crippen MR) is 63.7 cm³/mol. The Hall–Kier alpha value is -0.650. The highest BCUT2D eigenvalue weighted by molar-refractivity contribution is 5.71. The Bertz CT molecular complexity index is 198. The van der Waals surface area contributed by atoms with Gasteiger partial charge in [-0.1, -0.05) is 0 Å². The van der Waals surface area contributed by atoms with Crippen LogP contribution in [0.2, 0.25) is 0 Å². The largest absolute Gasteiger partial charge is 0.458 e. The quantitative estimate of drug-likeness (QED) is 0.453. The number of rotatable bonds is 9. The van der Waals surface area contributed by atoms with Gasteiger partial charge in [0, 0.05) is 6.61 Å². The number of esters is 1. The molecule has 0 N–H and O–H groups in total. The van der Waals surface area contributed by atoms with E-state index in [4.69, 9.17) is 18.9 Å². The SMILES string of the molecule is [CH2]COCCOCCOCC(=O)OC(C)(C)C. The lowest BCUT2D eigenvalue weighted by atomic mass is 10.2. The zero-order chi connectivity index (χ0) is 13.1. The van der Waals surface area contributed by atoms with Gasteiger partial charge in [0.2, 0.25) is 0 Å². The van der Waals surface area contributed by atoms with Gasteiger partial charge in [0.05, 0.1) is 26.4 Å². The van der Waals surface area contributed by atoms with Crippen LogP contribution in [0.25, 0.3) is 0 Å². The average Bonchev–Trinajstić information content (AvgIpc) is 2.19. The Morgan fingerprint density at radius 1 is 1.00 bits per heavy atom. The van der Waals surface area contributed by atoms with Gasteiger partial charge >= 0.3 is 5.97 Å². The van der Waals surface area contributed by atoms with Crippen LogP contribution in [0.3, 0.4) is 0 Å². The summed E-state index contributed by atoms with van der Waals surface area (Å²) in [6.45, 7) is 11.2. The van der Waals surface area contributed by atoms with E-state index in [2.05, 4.69) is 6.92 Å². The van der Waals surface area contributed by atoms with E-state index >= 15 is 0 Å². The summed E-state index contributed by atoms with van der Waals surface area (Å²) in [5, 5.41) is 0. The number of hydrogen-bond donors (Lipinski definition) is 0. The molecule has 0 saturated heterocycles. The molecule has 5 nitrogen and oxygen atoms in total. The maximum absolute atomic E-state index is 11.2. The van der Waals surface area contributed by atoms with Gasteiger partial charge in [-0.05, 0) is 27.7 Å². The van der Waals surface area contributed by atoms with Crippen LogP contribution in [0.5, 0.6) is 0 Å². The molecule has 0 aromatic carbocycles. The highest BCUT2D eigenvalue weighted by atomic mass is 16.6. The molecule has 0 aliphatic heterocycles. The van der Waals surface area contributed by atoms with E-state index < -0.39 is 5.60 Å². The van der Waals surface area contributed by atoms with Crippen LogP contribution in [0.1, 0.15) is 20.8 Å². The van der Waals surface area contributed by atoms with Crippen molar-refractivity contribution >= 4 is 5.97 Å². The van der Waals surface area contributed by atoms with Crippen LogP contribution in [-0.2, 0) is 23.7 Å². The standard InChI is InChI=1S/C12H23O5/c1-5-14-6-7-15-8-9-16-10-11(13)17-12(2,3)4/h1,5-10H2,2-4H3.